The van der Waals surface area contributed by atoms with Gasteiger partial charge in [-0.25, -0.2) is 0 Å². The molecule has 0 saturated carbocycles. The molecule has 1 aromatic rings. The lowest BCUT2D eigenvalue weighted by atomic mass is 9.89. The molecule has 0 radical (unpaired) electrons. The van der Waals surface area contributed by atoms with E-state index in [1.165, 1.54) is 0 Å². The summed E-state index contributed by atoms with van der Waals surface area (Å²) in [7, 11) is 0. The molecule has 16 heavy (non-hydrogen) atoms. The largest absolute Gasteiger partial charge is 0.268 e. The van der Waals surface area contributed by atoms with Gasteiger partial charge < -0.3 is 0 Å². The Morgan fingerprint density at radius 2 is 2.12 bits per heavy atom. The Kier molecular flexibility index (Phi) is 4.87. The summed E-state index contributed by atoms with van der Waals surface area (Å²) in [5.74, 6) is 0. The second-order valence-electron chi connectivity index (χ2n) is 5.13. The van der Waals surface area contributed by atoms with Gasteiger partial charge in [0.1, 0.15) is 0 Å². The lowest BCUT2D eigenvalue weighted by Crippen LogP contribution is -2.21. The molecule has 0 fully saturated rings. The minimum absolute atomic E-state index is 0.281. The van der Waals surface area contributed by atoms with E-state index in [0.29, 0.717) is 4.83 Å². The number of alkyl halides is 1. The van der Waals surface area contributed by atoms with Crippen molar-refractivity contribution in [3.63, 3.8) is 0 Å². The van der Waals surface area contributed by atoms with Crippen LogP contribution in [0.15, 0.2) is 6.20 Å². The molecule has 1 aromatic heterocycles. The molecule has 0 N–H and O–H groups in total. The fraction of sp³-hybridized carbons (Fsp3) is 0.750. The van der Waals surface area contributed by atoms with Gasteiger partial charge in [0, 0.05) is 11.4 Å². The van der Waals surface area contributed by atoms with Crippen LogP contribution in [0.5, 0.6) is 0 Å². The molecular formula is C12H20BrClN2. The third-order valence-corrected chi connectivity index (χ3v) is 4.92. The highest BCUT2D eigenvalue weighted by Gasteiger charge is 2.22. The number of aromatic nitrogens is 2. The number of hydrogen-bond donors (Lipinski definition) is 0. The zero-order chi connectivity index (χ0) is 12.3. The Morgan fingerprint density at radius 3 is 2.62 bits per heavy atom. The van der Waals surface area contributed by atoms with E-state index in [0.717, 1.165) is 30.1 Å². The predicted octanol–water partition coefficient (Wildman–Crippen LogP) is 4.30. The van der Waals surface area contributed by atoms with Crippen molar-refractivity contribution in [2.75, 3.05) is 0 Å². The molecule has 0 saturated heterocycles. The maximum absolute atomic E-state index is 6.12. The molecule has 0 amide bonds. The summed E-state index contributed by atoms with van der Waals surface area (Å²) in [6.07, 6.45) is 3.79. The predicted molar refractivity (Wildman–Crippen MR) is 73.4 cm³/mol. The van der Waals surface area contributed by atoms with Crippen LogP contribution in [0.25, 0.3) is 0 Å². The maximum atomic E-state index is 6.12. The summed E-state index contributed by atoms with van der Waals surface area (Å²) >= 11 is 9.87. The van der Waals surface area contributed by atoms with Gasteiger partial charge in [-0.1, -0.05) is 48.3 Å². The summed E-state index contributed by atoms with van der Waals surface area (Å²) < 4.78 is 1.98. The Balaban J connectivity index is 2.64. The van der Waals surface area contributed by atoms with E-state index in [-0.39, 0.29) is 5.41 Å². The van der Waals surface area contributed by atoms with Crippen molar-refractivity contribution in [1.82, 2.24) is 9.78 Å². The topological polar surface area (TPSA) is 17.8 Å². The highest BCUT2D eigenvalue weighted by molar-refractivity contribution is 9.09. The van der Waals surface area contributed by atoms with E-state index < -0.39 is 0 Å². The minimum Gasteiger partial charge on any atom is -0.268 e. The summed E-state index contributed by atoms with van der Waals surface area (Å²) in [6.45, 7) is 9.69. The van der Waals surface area contributed by atoms with Gasteiger partial charge in [0.25, 0.3) is 0 Å². The Morgan fingerprint density at radius 1 is 1.50 bits per heavy atom. The monoisotopic (exact) mass is 306 g/mol. The first-order chi connectivity index (χ1) is 7.36. The van der Waals surface area contributed by atoms with E-state index in [2.05, 4.69) is 48.7 Å². The normalized spacial score (nSPS) is 14.1. The van der Waals surface area contributed by atoms with E-state index >= 15 is 0 Å². The molecule has 1 unspecified atom stereocenters. The van der Waals surface area contributed by atoms with Crippen molar-refractivity contribution >= 4 is 27.5 Å². The van der Waals surface area contributed by atoms with Crippen molar-refractivity contribution in [3.05, 3.63) is 16.9 Å². The Hall–Kier alpha value is -0.0200. The number of rotatable bonds is 4. The van der Waals surface area contributed by atoms with Gasteiger partial charge in [-0.05, 0) is 25.2 Å². The van der Waals surface area contributed by atoms with Crippen LogP contribution in [0.3, 0.4) is 0 Å². The molecule has 0 spiro atoms. The van der Waals surface area contributed by atoms with Crippen LogP contribution in [-0.2, 0) is 13.0 Å². The molecule has 0 aromatic carbocycles. The van der Waals surface area contributed by atoms with Crippen LogP contribution in [0.1, 0.15) is 39.8 Å². The fourth-order valence-corrected chi connectivity index (χ4v) is 2.07. The van der Waals surface area contributed by atoms with E-state index in [9.17, 15) is 0 Å². The molecule has 4 heteroatoms. The lowest BCUT2D eigenvalue weighted by Gasteiger charge is -2.25. The molecule has 0 aliphatic heterocycles. The smallest absolute Gasteiger partial charge is 0.0817 e. The molecule has 92 valence electrons. The van der Waals surface area contributed by atoms with Gasteiger partial charge in [-0.2, -0.15) is 5.10 Å². The number of hydrogen-bond acceptors (Lipinski definition) is 1. The van der Waals surface area contributed by atoms with E-state index in [1.54, 1.807) is 6.20 Å². The van der Waals surface area contributed by atoms with Crippen molar-refractivity contribution in [2.24, 2.45) is 5.41 Å². The van der Waals surface area contributed by atoms with Gasteiger partial charge in [0.15, 0.2) is 0 Å². The number of aryl methyl sites for hydroxylation is 1. The van der Waals surface area contributed by atoms with Crippen LogP contribution < -0.4 is 0 Å². The summed E-state index contributed by atoms with van der Waals surface area (Å²) in [5.41, 5.74) is 1.43. The van der Waals surface area contributed by atoms with Gasteiger partial charge in [0.05, 0.1) is 16.9 Å². The van der Waals surface area contributed by atoms with Crippen molar-refractivity contribution in [2.45, 2.75) is 51.9 Å². The first kappa shape index (κ1) is 14.0. The van der Waals surface area contributed by atoms with Gasteiger partial charge in [0.2, 0.25) is 0 Å². The van der Waals surface area contributed by atoms with Crippen LogP contribution >= 0.6 is 27.5 Å². The molecule has 0 aliphatic rings. The summed E-state index contributed by atoms with van der Waals surface area (Å²) in [6, 6.07) is 0. The van der Waals surface area contributed by atoms with E-state index in [4.69, 9.17) is 11.6 Å². The first-order valence-electron chi connectivity index (χ1n) is 5.70. The fourth-order valence-electron chi connectivity index (χ4n) is 1.61. The average Bonchev–Trinajstić information content (AvgIpc) is 2.54. The van der Waals surface area contributed by atoms with Crippen molar-refractivity contribution in [1.29, 1.82) is 0 Å². The Labute approximate surface area is 111 Å². The first-order valence-corrected chi connectivity index (χ1v) is 7.00. The maximum Gasteiger partial charge on any atom is 0.0817 e. The second kappa shape index (κ2) is 5.54. The zero-order valence-corrected chi connectivity index (χ0v) is 12.8. The molecule has 1 atom stereocenters. The van der Waals surface area contributed by atoms with Gasteiger partial charge >= 0.3 is 0 Å². The molecular weight excluding hydrogens is 288 g/mol. The second-order valence-corrected chi connectivity index (χ2v) is 6.64. The summed E-state index contributed by atoms with van der Waals surface area (Å²) in [5, 5.41) is 5.03. The van der Waals surface area contributed by atoms with Crippen molar-refractivity contribution < 1.29 is 0 Å². The molecule has 0 bridgehead atoms. The third-order valence-electron chi connectivity index (χ3n) is 2.77. The summed E-state index contributed by atoms with van der Waals surface area (Å²) in [4.78, 5) is 0.497. The van der Waals surface area contributed by atoms with Crippen molar-refractivity contribution in [3.8, 4) is 0 Å². The average molecular weight is 308 g/mol. The standard InChI is InChI=1S/C12H20BrClN2/c1-5-16-10(9(14)8-15-16)6-7-11(13)12(2,3)4/h8,11H,5-7H2,1-4H3. The van der Waals surface area contributed by atoms with Gasteiger partial charge in [-0.3, -0.25) is 4.68 Å². The highest BCUT2D eigenvalue weighted by atomic mass is 79.9. The Bertz CT molecular complexity index is 341. The highest BCUT2D eigenvalue weighted by Crippen LogP contribution is 2.30. The SMILES string of the molecule is CCn1ncc(Cl)c1CCC(Br)C(C)(C)C. The molecule has 1 heterocycles. The van der Waals surface area contributed by atoms with Gasteiger partial charge in [-0.15, -0.1) is 0 Å². The van der Waals surface area contributed by atoms with E-state index in [1.807, 2.05) is 4.68 Å². The lowest BCUT2D eigenvalue weighted by molar-refractivity contribution is 0.383. The van der Waals surface area contributed by atoms with Crippen LogP contribution in [0, 0.1) is 5.41 Å². The quantitative estimate of drug-likeness (QED) is 0.758. The van der Waals surface area contributed by atoms with Crippen LogP contribution in [0.4, 0.5) is 0 Å². The molecule has 2 nitrogen and oxygen atoms in total. The zero-order valence-electron chi connectivity index (χ0n) is 10.4. The minimum atomic E-state index is 0.281. The number of halogens is 2. The number of nitrogens with zero attached hydrogens (tertiary/aromatic N) is 2. The van der Waals surface area contributed by atoms with Crippen LogP contribution in [0.2, 0.25) is 5.02 Å². The third kappa shape index (κ3) is 3.49. The van der Waals surface area contributed by atoms with Crippen LogP contribution in [-0.4, -0.2) is 14.6 Å². The molecule has 1 rings (SSSR count). The molecule has 0 aliphatic carbocycles.